The van der Waals surface area contributed by atoms with E-state index in [1.165, 1.54) is 19.3 Å². The smallest absolute Gasteiger partial charge is 0.0272 e. The summed E-state index contributed by atoms with van der Waals surface area (Å²) >= 11 is 0. The first-order chi connectivity index (χ1) is 9.88. The Hall–Kier alpha value is 0. The highest BCUT2D eigenvalue weighted by Gasteiger charge is 2.61. The van der Waals surface area contributed by atoms with Gasteiger partial charge >= 0.3 is 0 Å². The van der Waals surface area contributed by atoms with E-state index in [0.717, 1.165) is 29.6 Å². The molecule has 0 aromatic carbocycles. The molecule has 1 aliphatic carbocycles. The molecule has 1 saturated carbocycles. The van der Waals surface area contributed by atoms with Crippen molar-refractivity contribution in [1.29, 1.82) is 0 Å². The lowest BCUT2D eigenvalue weighted by Crippen LogP contribution is -2.42. The van der Waals surface area contributed by atoms with Crippen molar-refractivity contribution >= 4 is 0 Å². The number of rotatable bonds is 6. The summed E-state index contributed by atoms with van der Waals surface area (Å²) < 4.78 is 0. The standard InChI is InChI=1S/C22H44/c1-12-15(4)17-16(5)22(10,11)19(21(8,9)14-3)18(17)20(6,7)13-2/h15-19H,12-14H2,1-11H3. The average molecular weight is 309 g/mol. The molecule has 0 spiro atoms. The Morgan fingerprint density at radius 1 is 0.909 bits per heavy atom. The third-order valence-electron chi connectivity index (χ3n) is 8.19. The third kappa shape index (κ3) is 3.13. The lowest BCUT2D eigenvalue weighted by Gasteiger charge is -2.49. The Kier molecular flexibility index (Phi) is 5.91. The van der Waals surface area contributed by atoms with Gasteiger partial charge in [-0.25, -0.2) is 0 Å². The van der Waals surface area contributed by atoms with Crippen LogP contribution in [0, 0.1) is 45.8 Å². The second-order valence-electron chi connectivity index (χ2n) is 10.3. The zero-order valence-corrected chi connectivity index (χ0v) is 17.5. The van der Waals surface area contributed by atoms with Crippen LogP contribution in [0.25, 0.3) is 0 Å². The molecule has 0 N–H and O–H groups in total. The molecular weight excluding hydrogens is 264 g/mol. The van der Waals surface area contributed by atoms with Gasteiger partial charge < -0.3 is 0 Å². The van der Waals surface area contributed by atoms with Gasteiger partial charge in [-0.2, -0.15) is 0 Å². The fourth-order valence-electron chi connectivity index (χ4n) is 5.82. The predicted octanol–water partition coefficient (Wildman–Crippen LogP) is 7.43. The monoisotopic (exact) mass is 308 g/mol. The molecule has 0 saturated heterocycles. The molecule has 1 rings (SSSR count). The van der Waals surface area contributed by atoms with Crippen molar-refractivity contribution < 1.29 is 0 Å². The molecule has 132 valence electrons. The Bertz CT molecular complexity index is 360. The summed E-state index contributed by atoms with van der Waals surface area (Å²) in [6.07, 6.45) is 3.90. The molecule has 0 aromatic rings. The summed E-state index contributed by atoms with van der Waals surface area (Å²) in [6.45, 7) is 27.5. The van der Waals surface area contributed by atoms with Gasteiger partial charge in [0.25, 0.3) is 0 Å². The van der Waals surface area contributed by atoms with E-state index in [2.05, 4.69) is 76.2 Å². The molecular formula is C22H44. The number of hydrogen-bond acceptors (Lipinski definition) is 0. The molecule has 0 heteroatoms. The third-order valence-corrected chi connectivity index (χ3v) is 8.19. The van der Waals surface area contributed by atoms with Crippen molar-refractivity contribution in [2.75, 3.05) is 0 Å². The van der Waals surface area contributed by atoms with Crippen molar-refractivity contribution in [2.45, 2.75) is 95.4 Å². The highest BCUT2D eigenvalue weighted by molar-refractivity contribution is 5.09. The van der Waals surface area contributed by atoms with Crippen LogP contribution in [0.5, 0.6) is 0 Å². The van der Waals surface area contributed by atoms with E-state index in [1.54, 1.807) is 0 Å². The van der Waals surface area contributed by atoms with E-state index in [0.29, 0.717) is 16.2 Å². The van der Waals surface area contributed by atoms with Crippen LogP contribution in [0.15, 0.2) is 0 Å². The molecule has 0 radical (unpaired) electrons. The number of hydrogen-bond donors (Lipinski definition) is 0. The Morgan fingerprint density at radius 3 is 1.73 bits per heavy atom. The molecule has 0 bridgehead atoms. The summed E-state index contributed by atoms with van der Waals surface area (Å²) in [4.78, 5) is 0. The second-order valence-corrected chi connectivity index (χ2v) is 10.3. The minimum Gasteiger partial charge on any atom is -0.0651 e. The fourth-order valence-corrected chi connectivity index (χ4v) is 5.82. The van der Waals surface area contributed by atoms with Crippen molar-refractivity contribution in [3.63, 3.8) is 0 Å². The molecule has 0 aromatic heterocycles. The first-order valence-electron chi connectivity index (χ1n) is 9.88. The van der Waals surface area contributed by atoms with Gasteiger partial charge in [-0.3, -0.25) is 0 Å². The molecule has 0 amide bonds. The molecule has 22 heavy (non-hydrogen) atoms. The van der Waals surface area contributed by atoms with Crippen LogP contribution < -0.4 is 0 Å². The van der Waals surface area contributed by atoms with Crippen molar-refractivity contribution in [3.8, 4) is 0 Å². The van der Waals surface area contributed by atoms with Gasteiger partial charge in [-0.15, -0.1) is 0 Å². The van der Waals surface area contributed by atoms with Crippen LogP contribution in [0.1, 0.15) is 95.4 Å². The summed E-state index contributed by atoms with van der Waals surface area (Å²) in [5, 5.41) is 0. The maximum absolute atomic E-state index is 2.57. The predicted molar refractivity (Wildman–Crippen MR) is 101 cm³/mol. The Balaban J connectivity index is 3.49. The maximum Gasteiger partial charge on any atom is -0.0272 e. The van der Waals surface area contributed by atoms with Crippen LogP contribution in [0.3, 0.4) is 0 Å². The topological polar surface area (TPSA) is 0 Å². The molecule has 1 fully saturated rings. The van der Waals surface area contributed by atoms with Crippen LogP contribution in [-0.4, -0.2) is 0 Å². The largest absolute Gasteiger partial charge is 0.0651 e. The molecule has 0 nitrogen and oxygen atoms in total. The zero-order valence-electron chi connectivity index (χ0n) is 17.5. The molecule has 0 heterocycles. The van der Waals surface area contributed by atoms with Crippen LogP contribution in [0.2, 0.25) is 0 Å². The summed E-state index contributed by atoms with van der Waals surface area (Å²) in [5.41, 5.74) is 1.30. The fraction of sp³-hybridized carbons (Fsp3) is 1.00. The van der Waals surface area contributed by atoms with E-state index < -0.39 is 0 Å². The molecule has 5 atom stereocenters. The van der Waals surface area contributed by atoms with Gasteiger partial charge in [-0.05, 0) is 45.8 Å². The van der Waals surface area contributed by atoms with Crippen molar-refractivity contribution in [2.24, 2.45) is 45.8 Å². The van der Waals surface area contributed by atoms with Crippen LogP contribution in [-0.2, 0) is 0 Å². The summed E-state index contributed by atoms with van der Waals surface area (Å²) in [5.74, 6) is 4.17. The van der Waals surface area contributed by atoms with Gasteiger partial charge in [0.05, 0.1) is 0 Å². The maximum atomic E-state index is 2.57. The van der Waals surface area contributed by atoms with Crippen molar-refractivity contribution in [3.05, 3.63) is 0 Å². The van der Waals surface area contributed by atoms with E-state index >= 15 is 0 Å². The lowest BCUT2D eigenvalue weighted by atomic mass is 9.56. The van der Waals surface area contributed by atoms with Gasteiger partial charge in [0, 0.05) is 0 Å². The first kappa shape index (κ1) is 20.0. The highest BCUT2D eigenvalue weighted by Crippen LogP contribution is 2.66. The van der Waals surface area contributed by atoms with Gasteiger partial charge in [0.2, 0.25) is 0 Å². The normalized spacial score (nSPS) is 34.0. The minimum absolute atomic E-state index is 0.428. The molecule has 0 aliphatic heterocycles. The SMILES string of the molecule is CCC(C)C1C(C(C)(C)CC)C(C(C)(C)CC)C(C)(C)C1C. The van der Waals surface area contributed by atoms with Gasteiger partial charge in [0.1, 0.15) is 0 Å². The first-order valence-corrected chi connectivity index (χ1v) is 9.88. The van der Waals surface area contributed by atoms with E-state index in [4.69, 9.17) is 0 Å². The van der Waals surface area contributed by atoms with Crippen molar-refractivity contribution in [1.82, 2.24) is 0 Å². The molecule has 5 unspecified atom stereocenters. The van der Waals surface area contributed by atoms with Crippen LogP contribution >= 0.6 is 0 Å². The molecule has 1 aliphatic rings. The second kappa shape index (κ2) is 6.48. The van der Waals surface area contributed by atoms with Crippen LogP contribution in [0.4, 0.5) is 0 Å². The van der Waals surface area contributed by atoms with Gasteiger partial charge in [0.15, 0.2) is 0 Å². The lowest BCUT2D eigenvalue weighted by molar-refractivity contribution is -0.00608. The Labute approximate surface area is 141 Å². The van der Waals surface area contributed by atoms with E-state index in [1.807, 2.05) is 0 Å². The van der Waals surface area contributed by atoms with Gasteiger partial charge in [-0.1, -0.05) is 95.4 Å². The Morgan fingerprint density at radius 2 is 1.36 bits per heavy atom. The minimum atomic E-state index is 0.428. The summed E-state index contributed by atoms with van der Waals surface area (Å²) in [6, 6.07) is 0. The average Bonchev–Trinajstić information content (AvgIpc) is 2.66. The van der Waals surface area contributed by atoms with E-state index in [9.17, 15) is 0 Å². The van der Waals surface area contributed by atoms with E-state index in [-0.39, 0.29) is 0 Å². The quantitative estimate of drug-likeness (QED) is 0.478. The highest BCUT2D eigenvalue weighted by atomic mass is 14.7. The summed E-state index contributed by atoms with van der Waals surface area (Å²) in [7, 11) is 0. The zero-order chi connectivity index (χ0) is 17.5.